The summed E-state index contributed by atoms with van der Waals surface area (Å²) in [6.45, 7) is 0. The molecule has 1 rings (SSSR count). The highest BCUT2D eigenvalue weighted by Crippen LogP contribution is 2.31. The predicted molar refractivity (Wildman–Crippen MR) is 44.8 cm³/mol. The zero-order valence-corrected chi connectivity index (χ0v) is 7.19. The molecular formula is C7H15NOS. The zero-order chi connectivity index (χ0) is 7.40. The van der Waals surface area contributed by atoms with E-state index in [2.05, 4.69) is 0 Å². The maximum absolute atomic E-state index is 5.36. The highest BCUT2D eigenvalue weighted by atomic mass is 32.2. The standard InChI is InChI=1S/C7H15NOS/c1-9-7(5-10-8)6-3-2-4-6/h6-7H,2-5,8H2,1H3. The van der Waals surface area contributed by atoms with Gasteiger partial charge >= 0.3 is 0 Å². The van der Waals surface area contributed by atoms with Gasteiger partial charge in [-0.05, 0) is 18.8 Å². The van der Waals surface area contributed by atoms with Gasteiger partial charge in [-0.2, -0.15) is 0 Å². The molecule has 0 bridgehead atoms. The minimum atomic E-state index is 0.406. The summed E-state index contributed by atoms with van der Waals surface area (Å²) in [7, 11) is 1.78. The van der Waals surface area contributed by atoms with Crippen LogP contribution in [0.25, 0.3) is 0 Å². The lowest BCUT2D eigenvalue weighted by Gasteiger charge is -2.32. The molecule has 0 aliphatic heterocycles. The second-order valence-electron chi connectivity index (χ2n) is 2.80. The molecule has 1 fully saturated rings. The van der Waals surface area contributed by atoms with Crippen LogP contribution < -0.4 is 5.14 Å². The molecule has 60 valence electrons. The summed E-state index contributed by atoms with van der Waals surface area (Å²) < 4.78 is 5.29. The summed E-state index contributed by atoms with van der Waals surface area (Å²) in [6.07, 6.45) is 4.45. The molecule has 1 saturated carbocycles. The van der Waals surface area contributed by atoms with Crippen molar-refractivity contribution in [3.63, 3.8) is 0 Å². The summed E-state index contributed by atoms with van der Waals surface area (Å²) in [5.41, 5.74) is 0. The van der Waals surface area contributed by atoms with E-state index in [1.807, 2.05) is 0 Å². The van der Waals surface area contributed by atoms with E-state index in [0.717, 1.165) is 11.7 Å². The molecule has 2 nitrogen and oxygen atoms in total. The summed E-state index contributed by atoms with van der Waals surface area (Å²) in [6, 6.07) is 0. The van der Waals surface area contributed by atoms with Crippen LogP contribution in [0.3, 0.4) is 0 Å². The smallest absolute Gasteiger partial charge is 0.0702 e. The van der Waals surface area contributed by atoms with E-state index in [0.29, 0.717) is 6.10 Å². The van der Waals surface area contributed by atoms with Gasteiger partial charge in [0.05, 0.1) is 6.10 Å². The van der Waals surface area contributed by atoms with Crippen molar-refractivity contribution in [2.75, 3.05) is 12.9 Å². The van der Waals surface area contributed by atoms with Crippen molar-refractivity contribution >= 4 is 11.9 Å². The van der Waals surface area contributed by atoms with Crippen molar-refractivity contribution in [1.82, 2.24) is 0 Å². The van der Waals surface area contributed by atoms with Crippen molar-refractivity contribution in [2.24, 2.45) is 11.1 Å². The molecule has 0 heterocycles. The van der Waals surface area contributed by atoms with Crippen LogP contribution in [-0.2, 0) is 4.74 Å². The first-order valence-electron chi connectivity index (χ1n) is 3.73. The molecule has 2 N–H and O–H groups in total. The second kappa shape index (κ2) is 4.21. The first-order chi connectivity index (χ1) is 4.88. The van der Waals surface area contributed by atoms with Crippen molar-refractivity contribution < 1.29 is 4.74 Å². The highest BCUT2D eigenvalue weighted by molar-refractivity contribution is 7.97. The molecule has 0 aromatic rings. The summed E-state index contributed by atoms with van der Waals surface area (Å²) in [5, 5.41) is 5.36. The molecule has 0 amide bonds. The summed E-state index contributed by atoms with van der Waals surface area (Å²) in [4.78, 5) is 0. The van der Waals surface area contributed by atoms with Crippen molar-refractivity contribution in [3.8, 4) is 0 Å². The Hall–Kier alpha value is 0.270. The first-order valence-corrected chi connectivity index (χ1v) is 4.78. The van der Waals surface area contributed by atoms with Gasteiger partial charge < -0.3 is 4.74 Å². The molecule has 0 aromatic carbocycles. The fourth-order valence-corrected chi connectivity index (χ4v) is 1.90. The topological polar surface area (TPSA) is 35.2 Å². The molecule has 0 saturated heterocycles. The third-order valence-electron chi connectivity index (χ3n) is 2.24. The van der Waals surface area contributed by atoms with Crippen LogP contribution in [0.15, 0.2) is 0 Å². The van der Waals surface area contributed by atoms with Gasteiger partial charge in [0.1, 0.15) is 0 Å². The van der Waals surface area contributed by atoms with Crippen LogP contribution in [0.5, 0.6) is 0 Å². The van der Waals surface area contributed by atoms with Crippen molar-refractivity contribution in [3.05, 3.63) is 0 Å². The van der Waals surface area contributed by atoms with Crippen molar-refractivity contribution in [2.45, 2.75) is 25.4 Å². The van der Waals surface area contributed by atoms with Crippen LogP contribution in [0, 0.1) is 5.92 Å². The lowest BCUT2D eigenvalue weighted by Crippen LogP contribution is -2.30. The van der Waals surface area contributed by atoms with Gasteiger partial charge in [-0.25, -0.2) is 0 Å². The Morgan fingerprint density at radius 3 is 2.70 bits per heavy atom. The first kappa shape index (κ1) is 8.37. The molecule has 0 radical (unpaired) electrons. The Kier molecular flexibility index (Phi) is 3.52. The second-order valence-corrected chi connectivity index (χ2v) is 3.47. The van der Waals surface area contributed by atoms with Gasteiger partial charge in [0.2, 0.25) is 0 Å². The molecule has 0 aromatic heterocycles. The Morgan fingerprint density at radius 2 is 2.40 bits per heavy atom. The van der Waals surface area contributed by atoms with Gasteiger partial charge in [-0.3, -0.25) is 5.14 Å². The lowest BCUT2D eigenvalue weighted by molar-refractivity contribution is 0.0365. The monoisotopic (exact) mass is 161 g/mol. The molecule has 10 heavy (non-hydrogen) atoms. The Balaban J connectivity index is 2.17. The van der Waals surface area contributed by atoms with Gasteiger partial charge in [-0.1, -0.05) is 18.4 Å². The number of nitrogens with two attached hydrogens (primary N) is 1. The van der Waals surface area contributed by atoms with Crippen LogP contribution in [0.2, 0.25) is 0 Å². The highest BCUT2D eigenvalue weighted by Gasteiger charge is 2.26. The molecule has 1 aliphatic carbocycles. The maximum Gasteiger partial charge on any atom is 0.0702 e. The Morgan fingerprint density at radius 1 is 1.70 bits per heavy atom. The van der Waals surface area contributed by atoms with Gasteiger partial charge in [0.15, 0.2) is 0 Å². The number of hydrogen-bond acceptors (Lipinski definition) is 3. The van der Waals surface area contributed by atoms with Gasteiger partial charge in [-0.15, -0.1) is 0 Å². The van der Waals surface area contributed by atoms with Gasteiger partial charge in [0.25, 0.3) is 0 Å². The molecule has 0 spiro atoms. The Labute approximate surface area is 66.6 Å². The number of rotatable bonds is 4. The quantitative estimate of drug-likeness (QED) is 0.633. The minimum absolute atomic E-state index is 0.406. The van der Waals surface area contributed by atoms with E-state index in [9.17, 15) is 0 Å². The van der Waals surface area contributed by atoms with Crippen LogP contribution >= 0.6 is 11.9 Å². The fraction of sp³-hybridized carbons (Fsp3) is 1.00. The third kappa shape index (κ3) is 1.87. The lowest BCUT2D eigenvalue weighted by atomic mass is 9.82. The predicted octanol–water partition coefficient (Wildman–Crippen LogP) is 1.41. The van der Waals surface area contributed by atoms with E-state index < -0.39 is 0 Å². The molecule has 1 atom stereocenters. The van der Waals surface area contributed by atoms with Crippen LogP contribution in [0.4, 0.5) is 0 Å². The molecular weight excluding hydrogens is 146 g/mol. The average molecular weight is 161 g/mol. The molecule has 3 heteroatoms. The van der Waals surface area contributed by atoms with E-state index in [1.54, 1.807) is 7.11 Å². The zero-order valence-electron chi connectivity index (χ0n) is 6.38. The minimum Gasteiger partial charge on any atom is -0.380 e. The largest absolute Gasteiger partial charge is 0.380 e. The van der Waals surface area contributed by atoms with Crippen LogP contribution in [0.1, 0.15) is 19.3 Å². The normalized spacial score (nSPS) is 22.2. The van der Waals surface area contributed by atoms with Crippen LogP contribution in [-0.4, -0.2) is 19.0 Å². The van der Waals surface area contributed by atoms with E-state index in [1.165, 1.54) is 31.2 Å². The molecule has 1 unspecified atom stereocenters. The van der Waals surface area contributed by atoms with Gasteiger partial charge in [0, 0.05) is 12.9 Å². The van der Waals surface area contributed by atoms with E-state index in [4.69, 9.17) is 9.88 Å². The van der Waals surface area contributed by atoms with E-state index in [-0.39, 0.29) is 0 Å². The maximum atomic E-state index is 5.36. The Bertz CT molecular complexity index is 95.6. The number of hydrogen-bond donors (Lipinski definition) is 1. The summed E-state index contributed by atoms with van der Waals surface area (Å²) >= 11 is 1.39. The average Bonchev–Trinajstić information content (AvgIpc) is 1.83. The summed E-state index contributed by atoms with van der Waals surface area (Å²) in [5.74, 6) is 1.74. The fourth-order valence-electron chi connectivity index (χ4n) is 1.30. The van der Waals surface area contributed by atoms with Crippen molar-refractivity contribution in [1.29, 1.82) is 0 Å². The number of methoxy groups -OCH3 is 1. The number of ether oxygens (including phenoxy) is 1. The third-order valence-corrected chi connectivity index (χ3v) is 2.76. The SMILES string of the molecule is COC(CSN)C1CCC1. The van der Waals surface area contributed by atoms with E-state index >= 15 is 0 Å². The molecule has 1 aliphatic rings.